The maximum Gasteiger partial charge on any atom is 0.446 e. The third-order valence-electron chi connectivity index (χ3n) is 7.93. The van der Waals surface area contributed by atoms with Crippen molar-refractivity contribution in [3.8, 4) is 11.8 Å². The third kappa shape index (κ3) is 8.80. The second-order valence-electron chi connectivity index (χ2n) is 11.1. The number of carbonyl (C=O) groups excluding carboxylic acids is 2. The predicted molar refractivity (Wildman–Crippen MR) is 158 cm³/mol. The zero-order valence-electron chi connectivity index (χ0n) is 24.0. The summed E-state index contributed by atoms with van der Waals surface area (Å²) < 4.78 is 43.5. The molecule has 3 heterocycles. The van der Waals surface area contributed by atoms with Gasteiger partial charge in [0.25, 0.3) is 5.91 Å². The highest BCUT2D eigenvalue weighted by atomic mass is 32.2. The molecule has 230 valence electrons. The van der Waals surface area contributed by atoms with Crippen LogP contribution in [0.1, 0.15) is 64.2 Å². The summed E-state index contributed by atoms with van der Waals surface area (Å²) in [7, 11) is 0. The van der Waals surface area contributed by atoms with Crippen LogP contribution in [0.2, 0.25) is 0 Å². The number of aromatic nitrogens is 2. The fraction of sp³-hybridized carbons (Fsp3) is 0.406. The molecule has 0 unspecified atom stereocenters. The molecule has 2 saturated heterocycles. The third-order valence-corrected chi connectivity index (χ3v) is 8.67. The predicted octanol–water partition coefficient (Wildman–Crippen LogP) is 6.13. The van der Waals surface area contributed by atoms with Gasteiger partial charge in [-0.15, -0.1) is 10.2 Å². The Kier molecular flexibility index (Phi) is 10.2. The summed E-state index contributed by atoms with van der Waals surface area (Å²) in [5, 5.41) is 17.1. The highest BCUT2D eigenvalue weighted by Crippen LogP contribution is 2.37. The van der Waals surface area contributed by atoms with Crippen molar-refractivity contribution in [3.63, 3.8) is 0 Å². The summed E-state index contributed by atoms with van der Waals surface area (Å²) in [4.78, 5) is 30.0. The Labute approximate surface area is 258 Å². The van der Waals surface area contributed by atoms with Crippen LogP contribution in [0.3, 0.4) is 0 Å². The van der Waals surface area contributed by atoms with Crippen LogP contribution >= 0.6 is 11.8 Å². The van der Waals surface area contributed by atoms with Crippen molar-refractivity contribution < 1.29 is 27.5 Å². The number of benzene rings is 2. The number of ether oxygens (including phenoxy) is 1. The maximum absolute atomic E-state index is 13.0. The summed E-state index contributed by atoms with van der Waals surface area (Å²) >= 11 is -0.170. The Balaban J connectivity index is 1.04. The average molecular weight is 624 g/mol. The van der Waals surface area contributed by atoms with Crippen molar-refractivity contribution in [2.24, 2.45) is 5.92 Å². The molecule has 8 nitrogen and oxygen atoms in total. The normalized spacial score (nSPS) is 16.8. The Morgan fingerprint density at radius 2 is 1.52 bits per heavy atom. The van der Waals surface area contributed by atoms with E-state index < -0.39 is 5.51 Å². The minimum absolute atomic E-state index is 0.0787. The number of rotatable bonds is 9. The average Bonchev–Trinajstić information content (AvgIpc) is 3.03. The number of Topliss-reactive ketones (excluding diaryl/α,β-unsaturated/α-hetero) is 1. The van der Waals surface area contributed by atoms with Gasteiger partial charge >= 0.3 is 5.51 Å². The van der Waals surface area contributed by atoms with Gasteiger partial charge in [0.05, 0.1) is 11.6 Å². The molecule has 0 saturated carbocycles. The minimum Gasteiger partial charge on any atom is -0.490 e. The summed E-state index contributed by atoms with van der Waals surface area (Å²) in [6.07, 6.45) is 3.20. The van der Waals surface area contributed by atoms with E-state index in [9.17, 15) is 22.8 Å². The van der Waals surface area contributed by atoms with E-state index in [2.05, 4.69) is 21.2 Å². The van der Waals surface area contributed by atoms with Crippen molar-refractivity contribution in [1.82, 2.24) is 20.0 Å². The molecule has 2 aliphatic heterocycles. The molecule has 0 spiro atoms. The number of ketones is 1. The van der Waals surface area contributed by atoms with Gasteiger partial charge in [0, 0.05) is 43.8 Å². The van der Waals surface area contributed by atoms with E-state index in [-0.39, 0.29) is 51.8 Å². The minimum atomic E-state index is -4.34. The lowest BCUT2D eigenvalue weighted by Gasteiger charge is -2.32. The number of amides is 1. The van der Waals surface area contributed by atoms with Gasteiger partial charge in [-0.05, 0) is 97.7 Å². The molecule has 12 heteroatoms. The van der Waals surface area contributed by atoms with Crippen molar-refractivity contribution in [3.05, 3.63) is 83.2 Å². The largest absolute Gasteiger partial charge is 0.490 e. The Morgan fingerprint density at radius 1 is 0.886 bits per heavy atom. The van der Waals surface area contributed by atoms with Gasteiger partial charge in [-0.25, -0.2) is 0 Å². The van der Waals surface area contributed by atoms with Crippen molar-refractivity contribution in [2.75, 3.05) is 26.2 Å². The first-order valence-electron chi connectivity index (χ1n) is 14.6. The number of nitriles is 1. The number of piperidine rings is 2. The smallest absolute Gasteiger partial charge is 0.446 e. The van der Waals surface area contributed by atoms with Gasteiger partial charge in [0.1, 0.15) is 17.5 Å². The molecule has 0 radical (unpaired) electrons. The number of hydrogen-bond donors (Lipinski definition) is 0. The quantitative estimate of drug-likeness (QED) is 0.207. The Morgan fingerprint density at radius 3 is 2.11 bits per heavy atom. The molecule has 2 aromatic carbocycles. The van der Waals surface area contributed by atoms with Gasteiger partial charge in [-0.1, -0.05) is 12.1 Å². The van der Waals surface area contributed by atoms with E-state index >= 15 is 0 Å². The van der Waals surface area contributed by atoms with E-state index in [1.54, 1.807) is 17.0 Å². The van der Waals surface area contributed by atoms with Crippen LogP contribution in [0.5, 0.6) is 5.75 Å². The molecule has 2 fully saturated rings. The van der Waals surface area contributed by atoms with Crippen LogP contribution < -0.4 is 4.74 Å². The van der Waals surface area contributed by atoms with E-state index in [4.69, 9.17) is 10.00 Å². The number of alkyl halides is 3. The van der Waals surface area contributed by atoms with Crippen LogP contribution in [0.25, 0.3) is 0 Å². The fourth-order valence-electron chi connectivity index (χ4n) is 5.50. The Bertz CT molecular complexity index is 1460. The monoisotopic (exact) mass is 623 g/mol. The van der Waals surface area contributed by atoms with Crippen molar-refractivity contribution >= 4 is 23.5 Å². The van der Waals surface area contributed by atoms with Crippen LogP contribution in [0.4, 0.5) is 13.2 Å². The van der Waals surface area contributed by atoms with Gasteiger partial charge in [-0.3, -0.25) is 14.5 Å². The zero-order chi connectivity index (χ0) is 31.1. The number of halogens is 3. The summed E-state index contributed by atoms with van der Waals surface area (Å²) in [5.41, 5.74) is -2.09. The lowest BCUT2D eigenvalue weighted by molar-refractivity contribution is -0.0328. The molecular formula is C32H32F3N5O3S. The Hall–Kier alpha value is -3.95. The van der Waals surface area contributed by atoms with Crippen LogP contribution in [0.15, 0.2) is 65.6 Å². The topological polar surface area (TPSA) is 99.4 Å². The number of likely N-dealkylation sites (tertiary alicyclic amines) is 2. The van der Waals surface area contributed by atoms with Crippen LogP contribution in [-0.4, -0.2) is 69.5 Å². The number of nitrogens with zero attached hydrogens (tertiary/aromatic N) is 5. The maximum atomic E-state index is 13.0. The second-order valence-corrected chi connectivity index (χ2v) is 12.2. The highest BCUT2D eigenvalue weighted by molar-refractivity contribution is 8.00. The molecule has 3 aromatic rings. The molecule has 5 rings (SSSR count). The first-order valence-corrected chi connectivity index (χ1v) is 15.4. The molecule has 1 aromatic heterocycles. The molecule has 0 aliphatic carbocycles. The van der Waals surface area contributed by atoms with E-state index in [0.29, 0.717) is 43.7 Å². The SMILES string of the molecule is N#Cc1ccc(CN2CCC(CC(=O)c3ccc(C(=O)N4CCC(Oc5ccc(SC(F)(F)F)cc5)CC4)nn3)CC2)cc1. The lowest BCUT2D eigenvalue weighted by atomic mass is 9.90. The number of hydrogen-bond acceptors (Lipinski definition) is 8. The number of carbonyl (C=O) groups is 2. The molecule has 44 heavy (non-hydrogen) atoms. The second kappa shape index (κ2) is 14.2. The van der Waals surface area contributed by atoms with Crippen LogP contribution in [0, 0.1) is 17.2 Å². The van der Waals surface area contributed by atoms with E-state index in [1.807, 2.05) is 24.3 Å². The van der Waals surface area contributed by atoms with Crippen LogP contribution in [-0.2, 0) is 6.54 Å². The van der Waals surface area contributed by atoms with Gasteiger partial charge < -0.3 is 9.64 Å². The first kappa shape index (κ1) is 31.5. The molecular weight excluding hydrogens is 591 g/mol. The van der Waals surface area contributed by atoms with Gasteiger partial charge in [0.15, 0.2) is 11.5 Å². The van der Waals surface area contributed by atoms with Gasteiger partial charge in [-0.2, -0.15) is 18.4 Å². The van der Waals surface area contributed by atoms with Crippen molar-refractivity contribution in [1.29, 1.82) is 5.26 Å². The molecule has 0 atom stereocenters. The zero-order valence-corrected chi connectivity index (χ0v) is 24.8. The molecule has 2 aliphatic rings. The standard InChI is InChI=1S/C32H32F3N5O3S/c33-32(34,35)44-27-7-5-25(6-8-27)43-26-13-17-40(18-14-26)31(42)29-10-9-28(37-38-29)30(41)19-22-11-15-39(16-12-22)21-24-3-1-23(20-36)2-4-24/h1-10,22,26H,11-19,21H2. The molecule has 1 amide bonds. The summed E-state index contributed by atoms with van der Waals surface area (Å²) in [6.45, 7) is 3.49. The number of thioether (sulfide) groups is 1. The highest BCUT2D eigenvalue weighted by Gasteiger charge is 2.30. The summed E-state index contributed by atoms with van der Waals surface area (Å²) in [5.74, 6) is 0.410. The lowest BCUT2D eigenvalue weighted by Crippen LogP contribution is -2.42. The fourth-order valence-corrected chi connectivity index (χ4v) is 6.04. The van der Waals surface area contributed by atoms with Gasteiger partial charge in [0.2, 0.25) is 0 Å². The van der Waals surface area contributed by atoms with E-state index in [0.717, 1.165) is 38.0 Å². The summed E-state index contributed by atoms with van der Waals surface area (Å²) in [6, 6.07) is 18.7. The molecule has 0 bridgehead atoms. The molecule has 0 N–H and O–H groups in total. The van der Waals surface area contributed by atoms with E-state index in [1.165, 1.54) is 24.3 Å². The van der Waals surface area contributed by atoms with Crippen molar-refractivity contribution in [2.45, 2.75) is 55.2 Å². The first-order chi connectivity index (χ1) is 21.1.